The average Bonchev–Trinajstić information content (AvgIpc) is 2.89. The molecule has 1 unspecified atom stereocenters. The van der Waals surface area contributed by atoms with Crippen molar-refractivity contribution in [2.75, 3.05) is 25.6 Å². The maximum Gasteiger partial charge on any atom is 0.331 e. The summed E-state index contributed by atoms with van der Waals surface area (Å²) in [5.74, 6) is -0.769. The number of benzene rings is 1. The molecular formula is C12H14N2O6. The molecule has 1 heterocycles. The molecule has 1 atom stereocenters. The highest BCUT2D eigenvalue weighted by Gasteiger charge is 2.43. The second-order valence-electron chi connectivity index (χ2n) is 4.46. The molecule has 1 aromatic carbocycles. The highest BCUT2D eigenvalue weighted by atomic mass is 16.6. The average molecular weight is 282 g/mol. The van der Waals surface area contributed by atoms with Crippen LogP contribution in [-0.4, -0.2) is 41.9 Å². The van der Waals surface area contributed by atoms with Crippen LogP contribution in [0, 0.1) is 10.1 Å². The molecule has 0 spiro atoms. The van der Waals surface area contributed by atoms with Gasteiger partial charge in [-0.2, -0.15) is 0 Å². The summed E-state index contributed by atoms with van der Waals surface area (Å²) in [5, 5.41) is 23.1. The van der Waals surface area contributed by atoms with Gasteiger partial charge < -0.3 is 19.9 Å². The van der Waals surface area contributed by atoms with Gasteiger partial charge in [0.15, 0.2) is 5.54 Å². The van der Waals surface area contributed by atoms with Gasteiger partial charge in [-0.25, -0.2) is 4.79 Å². The third-order valence-corrected chi connectivity index (χ3v) is 3.21. The third-order valence-electron chi connectivity index (χ3n) is 3.21. The Hall–Kier alpha value is -2.35. The molecule has 2 rings (SSSR count). The number of nitro groups is 1. The molecule has 108 valence electrons. The van der Waals surface area contributed by atoms with Crippen LogP contribution in [0.4, 0.5) is 11.4 Å². The number of hydrogen-bond acceptors (Lipinski definition) is 6. The quantitative estimate of drug-likeness (QED) is 0.617. The molecule has 1 fully saturated rings. The minimum atomic E-state index is -1.33. The Bertz CT molecular complexity index is 539. The summed E-state index contributed by atoms with van der Waals surface area (Å²) < 4.78 is 10.0. The zero-order valence-electron chi connectivity index (χ0n) is 10.8. The van der Waals surface area contributed by atoms with E-state index in [0.29, 0.717) is 12.4 Å². The highest BCUT2D eigenvalue weighted by Crippen LogP contribution is 2.33. The summed E-state index contributed by atoms with van der Waals surface area (Å²) in [7, 11) is 1.40. The zero-order valence-corrected chi connectivity index (χ0v) is 10.8. The van der Waals surface area contributed by atoms with Crippen LogP contribution in [0.1, 0.15) is 6.42 Å². The lowest BCUT2D eigenvalue weighted by Crippen LogP contribution is -2.47. The maximum absolute atomic E-state index is 11.4. The Labute approximate surface area is 114 Å². The fraction of sp³-hybridized carbons (Fsp3) is 0.417. The van der Waals surface area contributed by atoms with Gasteiger partial charge in [0.1, 0.15) is 11.4 Å². The summed E-state index contributed by atoms with van der Waals surface area (Å²) in [6, 6.07) is 4.20. The first kappa shape index (κ1) is 14.1. The summed E-state index contributed by atoms with van der Waals surface area (Å²) in [4.78, 5) is 21.9. The van der Waals surface area contributed by atoms with E-state index in [1.807, 2.05) is 0 Å². The van der Waals surface area contributed by atoms with Crippen molar-refractivity contribution in [2.45, 2.75) is 12.0 Å². The van der Waals surface area contributed by atoms with Gasteiger partial charge in [0, 0.05) is 13.0 Å². The number of ether oxygens (including phenoxy) is 2. The lowest BCUT2D eigenvalue weighted by molar-refractivity contribution is -0.384. The number of carboxylic acid groups (broad SMARTS) is 1. The van der Waals surface area contributed by atoms with Crippen molar-refractivity contribution in [3.63, 3.8) is 0 Å². The Morgan fingerprint density at radius 3 is 2.85 bits per heavy atom. The smallest absolute Gasteiger partial charge is 0.331 e. The molecule has 1 aromatic rings. The maximum atomic E-state index is 11.4. The van der Waals surface area contributed by atoms with Crippen molar-refractivity contribution in [3.05, 3.63) is 28.3 Å². The molecule has 0 radical (unpaired) electrons. The van der Waals surface area contributed by atoms with Gasteiger partial charge in [0.25, 0.3) is 5.69 Å². The van der Waals surface area contributed by atoms with Crippen molar-refractivity contribution in [3.8, 4) is 5.75 Å². The Balaban J connectivity index is 2.37. The fourth-order valence-electron chi connectivity index (χ4n) is 2.04. The van der Waals surface area contributed by atoms with Crippen molar-refractivity contribution in [1.29, 1.82) is 0 Å². The molecule has 1 saturated heterocycles. The highest BCUT2D eigenvalue weighted by molar-refractivity contribution is 5.84. The van der Waals surface area contributed by atoms with Crippen LogP contribution in [0.5, 0.6) is 5.75 Å². The third kappa shape index (κ3) is 2.50. The predicted molar refractivity (Wildman–Crippen MR) is 69.1 cm³/mol. The minimum Gasteiger partial charge on any atom is -0.496 e. The van der Waals surface area contributed by atoms with Crippen LogP contribution in [0.3, 0.4) is 0 Å². The molecule has 0 bridgehead atoms. The van der Waals surface area contributed by atoms with Crippen LogP contribution in [-0.2, 0) is 9.53 Å². The van der Waals surface area contributed by atoms with E-state index in [0.717, 1.165) is 0 Å². The number of carboxylic acids is 1. The van der Waals surface area contributed by atoms with Gasteiger partial charge in [-0.15, -0.1) is 0 Å². The lowest BCUT2D eigenvalue weighted by Gasteiger charge is -2.24. The van der Waals surface area contributed by atoms with Gasteiger partial charge in [-0.1, -0.05) is 0 Å². The number of nitro benzene ring substituents is 1. The van der Waals surface area contributed by atoms with Crippen molar-refractivity contribution < 1.29 is 24.3 Å². The Morgan fingerprint density at radius 2 is 2.35 bits per heavy atom. The number of hydrogen-bond donors (Lipinski definition) is 2. The molecule has 2 N–H and O–H groups in total. The van der Waals surface area contributed by atoms with Crippen LogP contribution in [0.15, 0.2) is 18.2 Å². The number of nitrogens with zero attached hydrogens (tertiary/aromatic N) is 1. The van der Waals surface area contributed by atoms with E-state index in [-0.39, 0.29) is 24.4 Å². The number of rotatable bonds is 5. The van der Waals surface area contributed by atoms with E-state index in [1.54, 1.807) is 0 Å². The van der Waals surface area contributed by atoms with Gasteiger partial charge in [0.2, 0.25) is 0 Å². The van der Waals surface area contributed by atoms with E-state index >= 15 is 0 Å². The summed E-state index contributed by atoms with van der Waals surface area (Å²) in [5.41, 5.74) is -1.44. The first-order valence-electron chi connectivity index (χ1n) is 5.90. The van der Waals surface area contributed by atoms with Gasteiger partial charge in [-0.3, -0.25) is 10.1 Å². The number of methoxy groups -OCH3 is 1. The fourth-order valence-corrected chi connectivity index (χ4v) is 2.04. The number of carbonyl (C=O) groups is 1. The van der Waals surface area contributed by atoms with Crippen molar-refractivity contribution >= 4 is 17.3 Å². The molecule has 0 aromatic heterocycles. The van der Waals surface area contributed by atoms with Crippen LogP contribution >= 0.6 is 0 Å². The number of aliphatic carboxylic acids is 1. The standard InChI is InChI=1S/C12H14N2O6/c1-19-8-2-3-9(10(6-8)14(17)18)13-12(11(15)16)4-5-20-7-12/h2-3,6,13H,4-5,7H2,1H3,(H,15,16). The monoisotopic (exact) mass is 282 g/mol. The first-order chi connectivity index (χ1) is 9.48. The minimum absolute atomic E-state index is 0.0362. The second kappa shape index (κ2) is 5.33. The molecule has 0 saturated carbocycles. The normalized spacial score (nSPS) is 21.4. The number of anilines is 1. The SMILES string of the molecule is COc1ccc(NC2(C(=O)O)CCOC2)c([N+](=O)[O-])c1. The molecule has 1 aliphatic heterocycles. The second-order valence-corrected chi connectivity index (χ2v) is 4.46. The molecule has 0 aliphatic carbocycles. The molecule has 0 amide bonds. The zero-order chi connectivity index (χ0) is 14.8. The first-order valence-corrected chi connectivity index (χ1v) is 5.90. The molecular weight excluding hydrogens is 268 g/mol. The molecule has 1 aliphatic rings. The van der Waals surface area contributed by atoms with E-state index in [9.17, 15) is 20.0 Å². The molecule has 8 heteroatoms. The van der Waals surface area contributed by atoms with Crippen LogP contribution < -0.4 is 10.1 Å². The van der Waals surface area contributed by atoms with Crippen LogP contribution in [0.25, 0.3) is 0 Å². The van der Waals surface area contributed by atoms with Crippen molar-refractivity contribution in [1.82, 2.24) is 0 Å². The van der Waals surface area contributed by atoms with Gasteiger partial charge in [-0.05, 0) is 12.1 Å². The predicted octanol–water partition coefficient (Wildman–Crippen LogP) is 1.26. The van der Waals surface area contributed by atoms with E-state index in [4.69, 9.17) is 9.47 Å². The van der Waals surface area contributed by atoms with E-state index < -0.39 is 16.4 Å². The van der Waals surface area contributed by atoms with E-state index in [2.05, 4.69) is 5.32 Å². The molecule has 20 heavy (non-hydrogen) atoms. The summed E-state index contributed by atoms with van der Waals surface area (Å²) in [6.45, 7) is 0.259. The van der Waals surface area contributed by atoms with Gasteiger partial charge in [0.05, 0.1) is 24.7 Å². The summed E-state index contributed by atoms with van der Waals surface area (Å²) >= 11 is 0. The summed E-state index contributed by atoms with van der Waals surface area (Å²) in [6.07, 6.45) is 0.242. The van der Waals surface area contributed by atoms with Gasteiger partial charge >= 0.3 is 5.97 Å². The topological polar surface area (TPSA) is 111 Å². The van der Waals surface area contributed by atoms with Crippen LogP contribution in [0.2, 0.25) is 0 Å². The Morgan fingerprint density at radius 1 is 1.60 bits per heavy atom. The Kier molecular flexibility index (Phi) is 3.75. The van der Waals surface area contributed by atoms with Crippen molar-refractivity contribution in [2.24, 2.45) is 0 Å². The van der Waals surface area contributed by atoms with E-state index in [1.165, 1.54) is 25.3 Å². The largest absolute Gasteiger partial charge is 0.496 e. The lowest BCUT2D eigenvalue weighted by atomic mass is 9.98. The molecule has 8 nitrogen and oxygen atoms in total. The number of nitrogens with one attached hydrogen (secondary N) is 1.